The quantitative estimate of drug-likeness (QED) is 0.878. The molecule has 7 heteroatoms. The van der Waals surface area contributed by atoms with Crippen LogP contribution in [-0.4, -0.2) is 27.4 Å². The van der Waals surface area contributed by atoms with E-state index in [1.807, 2.05) is 0 Å². The third-order valence-corrected chi connectivity index (χ3v) is 2.86. The molecule has 0 aromatic carbocycles. The first-order valence-electron chi connectivity index (χ1n) is 6.18. The maximum absolute atomic E-state index is 12.0. The van der Waals surface area contributed by atoms with Crippen LogP contribution in [0.1, 0.15) is 23.8 Å². The van der Waals surface area contributed by atoms with E-state index in [0.717, 1.165) is 17.4 Å². The molecule has 2 aromatic rings. The number of aromatic nitrogens is 3. The second-order valence-corrected chi connectivity index (χ2v) is 4.95. The second kappa shape index (κ2) is 6.95. The zero-order valence-corrected chi connectivity index (χ0v) is 12.5. The first-order chi connectivity index (χ1) is 9.69. The van der Waals surface area contributed by atoms with E-state index in [9.17, 15) is 4.79 Å². The summed E-state index contributed by atoms with van der Waals surface area (Å²) in [5, 5.41) is 5.75. The maximum atomic E-state index is 12.0. The van der Waals surface area contributed by atoms with E-state index in [2.05, 4.69) is 48.4 Å². The van der Waals surface area contributed by atoms with Crippen molar-refractivity contribution in [1.82, 2.24) is 15.0 Å². The van der Waals surface area contributed by atoms with E-state index >= 15 is 0 Å². The molecule has 0 atom stereocenters. The fourth-order valence-corrected chi connectivity index (χ4v) is 1.68. The summed E-state index contributed by atoms with van der Waals surface area (Å²) in [6, 6.07) is 3.50. The molecule has 6 nitrogen and oxygen atoms in total. The molecule has 104 valence electrons. The highest BCUT2D eigenvalue weighted by atomic mass is 79.9. The molecular weight excluding hydrogens is 322 g/mol. The molecule has 0 aliphatic rings. The predicted molar refractivity (Wildman–Crippen MR) is 80.7 cm³/mol. The summed E-state index contributed by atoms with van der Waals surface area (Å²) >= 11 is 3.28. The number of amides is 1. The number of carbonyl (C=O) groups excluding carboxylic acids is 1. The Morgan fingerprint density at radius 2 is 2.10 bits per heavy atom. The van der Waals surface area contributed by atoms with Crippen molar-refractivity contribution in [3.63, 3.8) is 0 Å². The Kier molecular flexibility index (Phi) is 5.00. The van der Waals surface area contributed by atoms with E-state index in [4.69, 9.17) is 0 Å². The van der Waals surface area contributed by atoms with Crippen molar-refractivity contribution in [2.24, 2.45) is 0 Å². The highest BCUT2D eigenvalue weighted by Gasteiger charge is 2.09. The largest absolute Gasteiger partial charge is 0.369 e. The molecule has 0 bridgehead atoms. The van der Waals surface area contributed by atoms with Crippen molar-refractivity contribution in [3.05, 3.63) is 40.9 Å². The summed E-state index contributed by atoms with van der Waals surface area (Å²) in [5.74, 6) is 0.711. The summed E-state index contributed by atoms with van der Waals surface area (Å²) in [5.41, 5.74) is 0.246. The van der Waals surface area contributed by atoms with Crippen LogP contribution in [-0.2, 0) is 0 Å². The normalized spacial score (nSPS) is 10.1. The van der Waals surface area contributed by atoms with Crippen LogP contribution in [0, 0.1) is 0 Å². The number of rotatable bonds is 5. The SMILES string of the molecule is CCCNc1cncc(C(=O)Nc2ccc(Br)cn2)n1. The Hall–Kier alpha value is -2.02. The summed E-state index contributed by atoms with van der Waals surface area (Å²) in [6.07, 6.45) is 5.59. The fraction of sp³-hybridized carbons (Fsp3) is 0.231. The monoisotopic (exact) mass is 335 g/mol. The molecule has 0 radical (unpaired) electrons. The van der Waals surface area contributed by atoms with Crippen LogP contribution < -0.4 is 10.6 Å². The number of nitrogens with zero attached hydrogens (tertiary/aromatic N) is 3. The fourth-order valence-electron chi connectivity index (χ4n) is 1.44. The van der Waals surface area contributed by atoms with Crippen LogP contribution in [0.15, 0.2) is 35.2 Å². The first kappa shape index (κ1) is 14.4. The maximum Gasteiger partial charge on any atom is 0.277 e. The van der Waals surface area contributed by atoms with Gasteiger partial charge in [0.25, 0.3) is 5.91 Å². The summed E-state index contributed by atoms with van der Waals surface area (Å²) in [4.78, 5) is 24.3. The highest BCUT2D eigenvalue weighted by molar-refractivity contribution is 9.10. The van der Waals surface area contributed by atoms with E-state index in [-0.39, 0.29) is 11.6 Å². The summed E-state index contributed by atoms with van der Waals surface area (Å²) < 4.78 is 0.848. The standard InChI is InChI=1S/C13H14BrN5O/c1-2-5-16-12-8-15-7-10(18-12)13(20)19-11-4-3-9(14)6-17-11/h3-4,6-8H,2,5H2,1H3,(H,16,18)(H,17,19,20). The van der Waals surface area contributed by atoms with Crippen molar-refractivity contribution < 1.29 is 4.79 Å². The van der Waals surface area contributed by atoms with Crippen LogP contribution in [0.25, 0.3) is 0 Å². The van der Waals surface area contributed by atoms with Crippen LogP contribution in [0.5, 0.6) is 0 Å². The topological polar surface area (TPSA) is 79.8 Å². The Bertz CT molecular complexity index is 588. The summed E-state index contributed by atoms with van der Waals surface area (Å²) in [6.45, 7) is 2.84. The average Bonchev–Trinajstić information content (AvgIpc) is 2.48. The third-order valence-electron chi connectivity index (χ3n) is 2.39. The van der Waals surface area contributed by atoms with Gasteiger partial charge in [-0.05, 0) is 34.5 Å². The van der Waals surface area contributed by atoms with Gasteiger partial charge in [0.05, 0.1) is 12.4 Å². The van der Waals surface area contributed by atoms with Gasteiger partial charge < -0.3 is 10.6 Å². The Labute approximate surface area is 125 Å². The van der Waals surface area contributed by atoms with Gasteiger partial charge >= 0.3 is 0 Å². The van der Waals surface area contributed by atoms with Crippen LogP contribution in [0.4, 0.5) is 11.6 Å². The molecule has 2 aromatic heterocycles. The van der Waals surface area contributed by atoms with E-state index in [1.54, 1.807) is 24.5 Å². The van der Waals surface area contributed by atoms with Gasteiger partial charge in [-0.15, -0.1) is 0 Å². The lowest BCUT2D eigenvalue weighted by Crippen LogP contribution is -2.16. The second-order valence-electron chi connectivity index (χ2n) is 4.03. The van der Waals surface area contributed by atoms with Crippen LogP contribution >= 0.6 is 15.9 Å². The molecule has 2 N–H and O–H groups in total. The number of hydrogen-bond acceptors (Lipinski definition) is 5. The lowest BCUT2D eigenvalue weighted by atomic mass is 10.4. The number of nitrogens with one attached hydrogen (secondary N) is 2. The number of halogens is 1. The zero-order valence-electron chi connectivity index (χ0n) is 10.9. The third kappa shape index (κ3) is 3.99. The van der Waals surface area contributed by atoms with Gasteiger partial charge in [0.2, 0.25) is 0 Å². The molecule has 0 aliphatic heterocycles. The van der Waals surface area contributed by atoms with Gasteiger partial charge in [-0.25, -0.2) is 9.97 Å². The van der Waals surface area contributed by atoms with Gasteiger partial charge in [0, 0.05) is 17.2 Å². The minimum absolute atomic E-state index is 0.246. The molecule has 1 amide bonds. The lowest BCUT2D eigenvalue weighted by Gasteiger charge is -2.06. The number of hydrogen-bond donors (Lipinski definition) is 2. The molecule has 2 rings (SSSR count). The van der Waals surface area contributed by atoms with Crippen molar-refractivity contribution in [2.75, 3.05) is 17.2 Å². The number of anilines is 2. The predicted octanol–water partition coefficient (Wildman–Crippen LogP) is 2.71. The molecule has 0 saturated heterocycles. The number of pyridine rings is 1. The molecule has 0 unspecified atom stereocenters. The van der Waals surface area contributed by atoms with Crippen molar-refractivity contribution in [1.29, 1.82) is 0 Å². The smallest absolute Gasteiger partial charge is 0.277 e. The van der Waals surface area contributed by atoms with E-state index in [1.165, 1.54) is 6.20 Å². The minimum Gasteiger partial charge on any atom is -0.369 e. The Morgan fingerprint density at radius 1 is 1.25 bits per heavy atom. The molecule has 20 heavy (non-hydrogen) atoms. The molecule has 0 aliphatic carbocycles. The zero-order chi connectivity index (χ0) is 14.4. The molecule has 0 fully saturated rings. The lowest BCUT2D eigenvalue weighted by molar-refractivity contribution is 0.102. The van der Waals surface area contributed by atoms with Gasteiger partial charge in [-0.3, -0.25) is 9.78 Å². The van der Waals surface area contributed by atoms with Gasteiger partial charge in [0.1, 0.15) is 17.3 Å². The van der Waals surface area contributed by atoms with Crippen molar-refractivity contribution >= 4 is 33.5 Å². The van der Waals surface area contributed by atoms with E-state index in [0.29, 0.717) is 11.6 Å². The van der Waals surface area contributed by atoms with Crippen molar-refractivity contribution in [3.8, 4) is 0 Å². The van der Waals surface area contributed by atoms with Gasteiger partial charge in [-0.1, -0.05) is 6.92 Å². The Balaban J connectivity index is 2.06. The van der Waals surface area contributed by atoms with Crippen molar-refractivity contribution in [2.45, 2.75) is 13.3 Å². The highest BCUT2D eigenvalue weighted by Crippen LogP contribution is 2.11. The van der Waals surface area contributed by atoms with E-state index < -0.39 is 0 Å². The molecule has 0 spiro atoms. The van der Waals surface area contributed by atoms with Crippen LogP contribution in [0.3, 0.4) is 0 Å². The van der Waals surface area contributed by atoms with Crippen LogP contribution in [0.2, 0.25) is 0 Å². The molecule has 2 heterocycles. The first-order valence-corrected chi connectivity index (χ1v) is 6.97. The number of carbonyl (C=O) groups is 1. The van der Waals surface area contributed by atoms with Gasteiger partial charge in [-0.2, -0.15) is 0 Å². The minimum atomic E-state index is -0.340. The molecular formula is C13H14BrN5O. The molecule has 0 saturated carbocycles. The van der Waals surface area contributed by atoms with Gasteiger partial charge in [0.15, 0.2) is 0 Å². The Morgan fingerprint density at radius 3 is 2.80 bits per heavy atom. The average molecular weight is 336 g/mol. The summed E-state index contributed by atoms with van der Waals surface area (Å²) in [7, 11) is 0.